The monoisotopic (exact) mass is 468 g/mol. The zero-order valence-electron chi connectivity index (χ0n) is 16.2. The van der Waals surface area contributed by atoms with Gasteiger partial charge in [-0.3, -0.25) is 4.79 Å². The Hall–Kier alpha value is -2.99. The Morgan fingerprint density at radius 2 is 1.80 bits per heavy atom. The van der Waals surface area contributed by atoms with Crippen molar-refractivity contribution in [3.8, 4) is 0 Å². The van der Waals surface area contributed by atoms with Crippen LogP contribution in [0.3, 0.4) is 0 Å². The van der Waals surface area contributed by atoms with Crippen LogP contribution < -0.4 is 5.32 Å². The lowest BCUT2D eigenvalue weighted by molar-refractivity contribution is 0.0940. The molecule has 0 unspecified atom stereocenters. The molecule has 4 rings (SSSR count). The summed E-state index contributed by atoms with van der Waals surface area (Å²) in [6.45, 7) is 2.22. The average Bonchev–Trinajstić information content (AvgIpc) is 3.12. The Bertz CT molecular complexity index is 1220. The number of aromatic nitrogens is 1. The van der Waals surface area contributed by atoms with Crippen LogP contribution in [-0.2, 0) is 6.54 Å². The molecule has 4 aromatic rings. The highest BCUT2D eigenvalue weighted by molar-refractivity contribution is 9.10. The number of benzene rings is 3. The van der Waals surface area contributed by atoms with E-state index in [1.165, 1.54) is 12.1 Å². The summed E-state index contributed by atoms with van der Waals surface area (Å²) in [6.07, 6.45) is 1.83. The second kappa shape index (κ2) is 8.40. The summed E-state index contributed by atoms with van der Waals surface area (Å²) < 4.78 is 30.0. The van der Waals surface area contributed by atoms with E-state index in [1.54, 1.807) is 6.07 Å². The third-order valence-electron chi connectivity index (χ3n) is 5.11. The predicted molar refractivity (Wildman–Crippen MR) is 117 cm³/mol. The normalized spacial score (nSPS) is 12.1. The van der Waals surface area contributed by atoms with Crippen molar-refractivity contribution in [3.63, 3.8) is 0 Å². The van der Waals surface area contributed by atoms with Crippen LogP contribution in [0.5, 0.6) is 0 Å². The van der Waals surface area contributed by atoms with Crippen molar-refractivity contribution in [2.45, 2.75) is 19.5 Å². The molecule has 1 atom stereocenters. The maximum atomic E-state index is 14.0. The number of halogens is 3. The number of hydrogen-bond acceptors (Lipinski definition) is 1. The van der Waals surface area contributed by atoms with E-state index in [-0.39, 0.29) is 18.5 Å². The molecule has 3 aromatic carbocycles. The Morgan fingerprint density at radius 3 is 2.53 bits per heavy atom. The molecule has 30 heavy (non-hydrogen) atoms. The van der Waals surface area contributed by atoms with E-state index < -0.39 is 11.6 Å². The highest BCUT2D eigenvalue weighted by Crippen LogP contribution is 2.22. The second-order valence-corrected chi connectivity index (χ2v) is 8.12. The minimum absolute atomic E-state index is 0.132. The molecule has 1 heterocycles. The Kier molecular flexibility index (Phi) is 5.68. The van der Waals surface area contributed by atoms with Gasteiger partial charge < -0.3 is 9.88 Å². The average molecular weight is 469 g/mol. The van der Waals surface area contributed by atoms with E-state index in [9.17, 15) is 13.6 Å². The summed E-state index contributed by atoms with van der Waals surface area (Å²) >= 11 is 3.41. The van der Waals surface area contributed by atoms with Crippen LogP contribution in [0.4, 0.5) is 8.78 Å². The van der Waals surface area contributed by atoms with Crippen LogP contribution in [0.1, 0.15) is 34.5 Å². The first-order valence-corrected chi connectivity index (χ1v) is 10.3. The Morgan fingerprint density at radius 1 is 1.03 bits per heavy atom. The molecule has 0 aliphatic rings. The molecule has 3 nitrogen and oxygen atoms in total. The minimum atomic E-state index is -0.596. The maximum absolute atomic E-state index is 14.0. The molecule has 1 amide bonds. The third kappa shape index (κ3) is 4.28. The van der Waals surface area contributed by atoms with Crippen LogP contribution in [0, 0.1) is 11.6 Å². The number of amides is 1. The lowest BCUT2D eigenvalue weighted by Gasteiger charge is -2.15. The first-order chi connectivity index (χ1) is 14.4. The molecule has 0 fully saturated rings. The first kappa shape index (κ1) is 20.3. The highest BCUT2D eigenvalue weighted by Gasteiger charge is 2.13. The summed E-state index contributed by atoms with van der Waals surface area (Å²) in [5.41, 5.74) is 2.84. The Labute approximate surface area is 181 Å². The summed E-state index contributed by atoms with van der Waals surface area (Å²) in [7, 11) is 0. The molecule has 0 bridgehead atoms. The van der Waals surface area contributed by atoms with Gasteiger partial charge in [0.1, 0.15) is 11.6 Å². The van der Waals surface area contributed by atoms with E-state index in [2.05, 4.69) is 21.2 Å². The van der Waals surface area contributed by atoms with Gasteiger partial charge in [0.15, 0.2) is 0 Å². The van der Waals surface area contributed by atoms with Gasteiger partial charge in [0.05, 0.1) is 12.6 Å². The molecule has 1 N–H and O–H groups in total. The van der Waals surface area contributed by atoms with Crippen LogP contribution >= 0.6 is 15.9 Å². The van der Waals surface area contributed by atoms with E-state index in [0.717, 1.165) is 27.0 Å². The molecule has 6 heteroatoms. The van der Waals surface area contributed by atoms with Crippen molar-refractivity contribution in [2.75, 3.05) is 0 Å². The fraction of sp³-hybridized carbons (Fsp3) is 0.125. The van der Waals surface area contributed by atoms with Gasteiger partial charge in [-0.25, -0.2) is 8.78 Å². The summed E-state index contributed by atoms with van der Waals surface area (Å²) in [6, 6.07) is 18.6. The van der Waals surface area contributed by atoms with Crippen molar-refractivity contribution in [2.24, 2.45) is 0 Å². The topological polar surface area (TPSA) is 34.0 Å². The number of carbonyl (C=O) groups is 1. The molecular weight excluding hydrogens is 450 g/mol. The lowest BCUT2D eigenvalue weighted by Crippen LogP contribution is -2.26. The van der Waals surface area contributed by atoms with Crippen LogP contribution in [-0.4, -0.2) is 10.5 Å². The fourth-order valence-corrected chi connectivity index (χ4v) is 3.69. The number of nitrogens with one attached hydrogen (secondary N) is 1. The second-order valence-electron chi connectivity index (χ2n) is 7.20. The van der Waals surface area contributed by atoms with Crippen LogP contribution in [0.2, 0.25) is 0 Å². The van der Waals surface area contributed by atoms with E-state index in [0.29, 0.717) is 11.1 Å². The molecular formula is C24H19BrF2N2O. The van der Waals surface area contributed by atoms with Gasteiger partial charge in [0.2, 0.25) is 0 Å². The van der Waals surface area contributed by atoms with Crippen molar-refractivity contribution >= 4 is 32.7 Å². The van der Waals surface area contributed by atoms with Crippen molar-refractivity contribution in [1.29, 1.82) is 0 Å². The number of rotatable bonds is 5. The van der Waals surface area contributed by atoms with Gasteiger partial charge in [0.25, 0.3) is 5.91 Å². The zero-order valence-corrected chi connectivity index (χ0v) is 17.8. The van der Waals surface area contributed by atoms with Crippen molar-refractivity contribution in [1.82, 2.24) is 9.88 Å². The van der Waals surface area contributed by atoms with Gasteiger partial charge in [-0.05, 0) is 55.0 Å². The maximum Gasteiger partial charge on any atom is 0.251 e. The van der Waals surface area contributed by atoms with Crippen LogP contribution in [0.15, 0.2) is 77.4 Å². The van der Waals surface area contributed by atoms with Crippen molar-refractivity contribution in [3.05, 3.63) is 106 Å². The minimum Gasteiger partial charge on any atom is -0.346 e. The van der Waals surface area contributed by atoms with Gasteiger partial charge in [-0.1, -0.05) is 34.1 Å². The molecule has 0 saturated heterocycles. The highest BCUT2D eigenvalue weighted by atomic mass is 79.9. The number of fused-ring (bicyclic) bond motifs is 1. The van der Waals surface area contributed by atoms with Gasteiger partial charge in [0, 0.05) is 38.8 Å². The Balaban J connectivity index is 1.52. The van der Waals surface area contributed by atoms with Gasteiger partial charge >= 0.3 is 0 Å². The molecule has 0 saturated carbocycles. The van der Waals surface area contributed by atoms with Gasteiger partial charge in [-0.2, -0.15) is 0 Å². The van der Waals surface area contributed by atoms with E-state index in [1.807, 2.05) is 60.2 Å². The fourth-order valence-electron chi connectivity index (χ4n) is 3.43. The standard InChI is InChI=1S/C24H19BrF2N2O/c1-15(16-2-6-20(25)7-3-16)28-24(30)18-5-9-23-17(12-18)10-11-29(23)14-19-4-8-21(26)13-22(19)27/h2-13,15H,14H2,1H3,(H,28,30)/t15-/m1/s1. The summed E-state index contributed by atoms with van der Waals surface area (Å²) in [5.74, 6) is -1.33. The van der Waals surface area contributed by atoms with E-state index >= 15 is 0 Å². The quantitative estimate of drug-likeness (QED) is 0.370. The van der Waals surface area contributed by atoms with E-state index in [4.69, 9.17) is 0 Å². The number of nitrogens with zero attached hydrogens (tertiary/aromatic N) is 1. The molecule has 0 aliphatic heterocycles. The summed E-state index contributed by atoms with van der Waals surface area (Å²) in [4.78, 5) is 12.7. The number of hydrogen-bond donors (Lipinski definition) is 1. The lowest BCUT2D eigenvalue weighted by atomic mass is 10.1. The number of carbonyl (C=O) groups excluding carboxylic acids is 1. The van der Waals surface area contributed by atoms with Crippen LogP contribution in [0.25, 0.3) is 10.9 Å². The molecule has 0 aliphatic carbocycles. The molecule has 0 spiro atoms. The third-order valence-corrected chi connectivity index (χ3v) is 5.64. The predicted octanol–water partition coefficient (Wildman–Crippen LogP) is 6.22. The largest absolute Gasteiger partial charge is 0.346 e. The smallest absolute Gasteiger partial charge is 0.251 e. The van der Waals surface area contributed by atoms with Gasteiger partial charge in [-0.15, -0.1) is 0 Å². The SMILES string of the molecule is C[C@@H](NC(=O)c1ccc2c(ccn2Cc2ccc(F)cc2F)c1)c1ccc(Br)cc1. The summed E-state index contributed by atoms with van der Waals surface area (Å²) in [5, 5.41) is 3.89. The molecule has 0 radical (unpaired) electrons. The molecule has 1 aromatic heterocycles. The zero-order chi connectivity index (χ0) is 21.3. The first-order valence-electron chi connectivity index (χ1n) is 9.50. The van der Waals surface area contributed by atoms with Crippen molar-refractivity contribution < 1.29 is 13.6 Å². The molecule has 152 valence electrons.